The number of imidazole rings is 1. The Balaban J connectivity index is 1.32. The van der Waals surface area contributed by atoms with Crippen molar-refractivity contribution in [1.29, 1.82) is 0 Å². The first-order chi connectivity index (χ1) is 12.2. The molecule has 2 aromatic heterocycles. The van der Waals surface area contributed by atoms with Gasteiger partial charge in [-0.1, -0.05) is 18.2 Å². The molecule has 3 aromatic rings. The smallest absolute Gasteiger partial charge is 0.239 e. The second-order valence-corrected chi connectivity index (χ2v) is 6.91. The second-order valence-electron chi connectivity index (χ2n) is 6.03. The highest BCUT2D eigenvalue weighted by atomic mass is 32.1. The molecule has 1 N–H and O–H groups in total. The molecule has 0 bridgehead atoms. The van der Waals surface area contributed by atoms with Crippen molar-refractivity contribution >= 4 is 33.8 Å². The van der Waals surface area contributed by atoms with E-state index < -0.39 is 5.92 Å². The van der Waals surface area contributed by atoms with Gasteiger partial charge in [-0.3, -0.25) is 14.0 Å². The average Bonchev–Trinajstić information content (AvgIpc) is 3.30. The third kappa shape index (κ3) is 3.15. The minimum atomic E-state index is -0.592. The molecule has 128 valence electrons. The summed E-state index contributed by atoms with van der Waals surface area (Å²) < 4.78 is 1.97. The van der Waals surface area contributed by atoms with Gasteiger partial charge in [0, 0.05) is 43.0 Å². The number of rotatable bonds is 5. The van der Waals surface area contributed by atoms with E-state index in [2.05, 4.69) is 10.3 Å². The van der Waals surface area contributed by atoms with E-state index in [0.717, 1.165) is 16.3 Å². The third-order valence-electron chi connectivity index (χ3n) is 4.41. The van der Waals surface area contributed by atoms with E-state index >= 15 is 0 Å². The van der Waals surface area contributed by atoms with Crippen molar-refractivity contribution in [3.05, 3.63) is 53.8 Å². The van der Waals surface area contributed by atoms with Crippen molar-refractivity contribution in [3.63, 3.8) is 0 Å². The first kappa shape index (κ1) is 15.8. The summed E-state index contributed by atoms with van der Waals surface area (Å²) >= 11 is 1.58. The number of amides is 2. The molecular weight excluding hydrogens is 336 g/mol. The van der Waals surface area contributed by atoms with Gasteiger partial charge < -0.3 is 10.2 Å². The number of carbonyl (C=O) groups excluding carboxylic acids is 2. The van der Waals surface area contributed by atoms with Crippen molar-refractivity contribution in [1.82, 2.24) is 14.7 Å². The Bertz CT molecular complexity index is 874. The van der Waals surface area contributed by atoms with Crippen LogP contribution in [0.15, 0.2) is 48.1 Å². The molecule has 1 aromatic carbocycles. The Hall–Kier alpha value is -2.67. The van der Waals surface area contributed by atoms with Crippen molar-refractivity contribution in [3.8, 4) is 0 Å². The molecule has 1 atom stereocenters. The van der Waals surface area contributed by atoms with E-state index in [1.54, 1.807) is 16.2 Å². The summed E-state index contributed by atoms with van der Waals surface area (Å²) in [5.41, 5.74) is 1.79. The lowest BCUT2D eigenvalue weighted by Crippen LogP contribution is -2.37. The maximum absolute atomic E-state index is 12.5. The molecule has 1 aliphatic heterocycles. The molecule has 0 spiro atoms. The molecule has 6 nitrogen and oxygen atoms in total. The lowest BCUT2D eigenvalue weighted by Gasteiger charge is -2.16. The van der Waals surface area contributed by atoms with E-state index in [1.165, 1.54) is 0 Å². The van der Waals surface area contributed by atoms with Gasteiger partial charge in [-0.05, 0) is 18.6 Å². The predicted octanol–water partition coefficient (Wildman–Crippen LogP) is 2.11. The molecule has 1 aliphatic rings. The molecule has 1 saturated heterocycles. The summed E-state index contributed by atoms with van der Waals surface area (Å²) in [6, 6.07) is 9.48. The third-order valence-corrected chi connectivity index (χ3v) is 5.18. The molecule has 3 heterocycles. The summed E-state index contributed by atoms with van der Waals surface area (Å²) in [5.74, 6) is -0.902. The monoisotopic (exact) mass is 354 g/mol. The highest BCUT2D eigenvalue weighted by Crippen LogP contribution is 2.25. The van der Waals surface area contributed by atoms with E-state index in [9.17, 15) is 9.59 Å². The number of nitrogens with one attached hydrogen (secondary N) is 1. The van der Waals surface area contributed by atoms with Crippen molar-refractivity contribution in [2.24, 2.45) is 5.92 Å². The van der Waals surface area contributed by atoms with Crippen LogP contribution in [0.1, 0.15) is 12.1 Å². The maximum atomic E-state index is 12.5. The largest absolute Gasteiger partial charge is 0.355 e. The molecule has 1 fully saturated rings. The quantitative estimate of drug-likeness (QED) is 0.714. The first-order valence-electron chi connectivity index (χ1n) is 8.27. The van der Waals surface area contributed by atoms with E-state index in [1.807, 2.05) is 52.5 Å². The molecule has 7 heteroatoms. The highest BCUT2D eigenvalue weighted by molar-refractivity contribution is 7.15. The Kier molecular flexibility index (Phi) is 4.23. The fraction of sp³-hybridized carbons (Fsp3) is 0.278. The van der Waals surface area contributed by atoms with Crippen LogP contribution in [0, 0.1) is 5.92 Å². The summed E-state index contributed by atoms with van der Waals surface area (Å²) in [7, 11) is 0. The Morgan fingerprint density at radius 2 is 2.16 bits per heavy atom. The normalized spacial score (nSPS) is 17.4. The SMILES string of the molecule is O=C(NCCc1cn2ccsc2n1)C1CCN(c2ccccc2)C1=O. The standard InChI is InChI=1S/C18H18N4O2S/c23-16(19-8-6-13-12-21-10-11-25-18(21)20-13)15-7-9-22(17(15)24)14-4-2-1-3-5-14/h1-5,10-12,15H,6-9H2,(H,19,23). The Morgan fingerprint density at radius 3 is 2.96 bits per heavy atom. The summed E-state index contributed by atoms with van der Waals surface area (Å²) in [6.45, 7) is 1.07. The van der Waals surface area contributed by atoms with Crippen LogP contribution >= 0.6 is 11.3 Å². The van der Waals surface area contributed by atoms with Gasteiger partial charge in [0.1, 0.15) is 5.92 Å². The average molecular weight is 354 g/mol. The summed E-state index contributed by atoms with van der Waals surface area (Å²) in [6.07, 6.45) is 5.14. The Morgan fingerprint density at radius 1 is 1.32 bits per heavy atom. The van der Waals surface area contributed by atoms with Crippen molar-refractivity contribution in [2.75, 3.05) is 18.0 Å². The summed E-state index contributed by atoms with van der Waals surface area (Å²) in [5, 5.41) is 4.86. The molecule has 0 saturated carbocycles. The lowest BCUT2D eigenvalue weighted by molar-refractivity contribution is -0.132. The number of nitrogens with zero attached hydrogens (tertiary/aromatic N) is 3. The number of hydrogen-bond donors (Lipinski definition) is 1. The van der Waals surface area contributed by atoms with Gasteiger partial charge in [-0.2, -0.15) is 0 Å². The van der Waals surface area contributed by atoms with Crippen LogP contribution in [0.2, 0.25) is 0 Å². The topological polar surface area (TPSA) is 66.7 Å². The van der Waals surface area contributed by atoms with Gasteiger partial charge in [0.25, 0.3) is 0 Å². The van der Waals surface area contributed by atoms with Gasteiger partial charge in [0.05, 0.1) is 5.69 Å². The van der Waals surface area contributed by atoms with E-state index in [-0.39, 0.29) is 11.8 Å². The molecule has 0 radical (unpaired) electrons. The van der Waals surface area contributed by atoms with Crippen LogP contribution in [-0.4, -0.2) is 34.3 Å². The fourth-order valence-electron chi connectivity index (χ4n) is 3.12. The molecule has 0 aliphatic carbocycles. The Labute approximate surface area is 149 Å². The molecule has 4 rings (SSSR count). The predicted molar refractivity (Wildman–Crippen MR) is 96.7 cm³/mol. The number of benzene rings is 1. The summed E-state index contributed by atoms with van der Waals surface area (Å²) in [4.78, 5) is 32.0. The number of aromatic nitrogens is 2. The highest BCUT2D eigenvalue weighted by Gasteiger charge is 2.37. The number of fused-ring (bicyclic) bond motifs is 1. The van der Waals surface area contributed by atoms with Gasteiger partial charge in [-0.25, -0.2) is 4.98 Å². The van der Waals surface area contributed by atoms with Crippen LogP contribution in [0.25, 0.3) is 4.96 Å². The zero-order valence-corrected chi connectivity index (χ0v) is 14.4. The maximum Gasteiger partial charge on any atom is 0.239 e. The van der Waals surface area contributed by atoms with Crippen LogP contribution < -0.4 is 10.2 Å². The van der Waals surface area contributed by atoms with Gasteiger partial charge in [-0.15, -0.1) is 11.3 Å². The minimum Gasteiger partial charge on any atom is -0.355 e. The van der Waals surface area contributed by atoms with Crippen LogP contribution in [0.3, 0.4) is 0 Å². The van der Waals surface area contributed by atoms with Gasteiger partial charge in [0.15, 0.2) is 4.96 Å². The van der Waals surface area contributed by atoms with Crippen LogP contribution in [0.5, 0.6) is 0 Å². The minimum absolute atomic E-state index is 0.119. The molecular formula is C18H18N4O2S. The first-order valence-corrected chi connectivity index (χ1v) is 9.15. The van der Waals surface area contributed by atoms with Crippen molar-refractivity contribution < 1.29 is 9.59 Å². The molecule has 2 amide bonds. The van der Waals surface area contributed by atoms with Crippen LogP contribution in [0.4, 0.5) is 5.69 Å². The van der Waals surface area contributed by atoms with Crippen molar-refractivity contribution in [2.45, 2.75) is 12.8 Å². The zero-order valence-electron chi connectivity index (χ0n) is 13.6. The molecule has 25 heavy (non-hydrogen) atoms. The number of para-hydroxylation sites is 1. The van der Waals surface area contributed by atoms with Crippen LogP contribution in [-0.2, 0) is 16.0 Å². The molecule has 1 unspecified atom stereocenters. The zero-order chi connectivity index (χ0) is 17.2. The second kappa shape index (κ2) is 6.68. The van der Waals surface area contributed by atoms with Gasteiger partial charge in [0.2, 0.25) is 11.8 Å². The van der Waals surface area contributed by atoms with E-state index in [4.69, 9.17) is 0 Å². The fourth-order valence-corrected chi connectivity index (χ4v) is 3.84. The number of anilines is 1. The van der Waals surface area contributed by atoms with Gasteiger partial charge >= 0.3 is 0 Å². The number of carbonyl (C=O) groups is 2. The van der Waals surface area contributed by atoms with E-state index in [0.29, 0.717) is 25.9 Å². The lowest BCUT2D eigenvalue weighted by atomic mass is 10.1. The number of hydrogen-bond acceptors (Lipinski definition) is 4. The number of thiazole rings is 1.